The van der Waals surface area contributed by atoms with Crippen LogP contribution < -0.4 is 16.0 Å². The minimum Gasteiger partial charge on any atom is -0.383 e. The number of nitrogens with one attached hydrogen (secondary N) is 3. The Morgan fingerprint density at radius 2 is 1.90 bits per heavy atom. The van der Waals surface area contributed by atoms with E-state index in [4.69, 9.17) is 21.1 Å². The number of urea groups is 1. The molecule has 0 radical (unpaired) electrons. The standard InChI is InChI=1S/C29H35ClF2N6O3/c1-40-14-13-37-16-22(19-7-8-23(31)24(32)15-19)25(17-37)34-29(39)35-28-27(30)26(18-41-21-9-11-33-12-10-21)36-38(28)20-5-3-2-4-6-20/h2-8,15,21-22,25,33H,9-14,16-18H2,1H3,(H2,34,35,39). The third-order valence-corrected chi connectivity index (χ3v) is 7.96. The average Bonchev–Trinajstić information content (AvgIpc) is 3.53. The topological polar surface area (TPSA) is 92.7 Å². The Labute approximate surface area is 243 Å². The SMILES string of the molecule is COCCN1CC(NC(=O)Nc2c(Cl)c(COC3CCNCC3)nn2-c2ccccc2)C(c2ccc(F)c(F)c2)C1. The number of nitrogens with zero attached hydrogens (tertiary/aromatic N) is 3. The number of methoxy groups -OCH3 is 1. The van der Waals surface area contributed by atoms with Crippen LogP contribution in [-0.4, -0.2) is 79.3 Å². The molecule has 2 amide bonds. The van der Waals surface area contributed by atoms with E-state index in [0.717, 1.165) is 37.7 Å². The smallest absolute Gasteiger partial charge is 0.320 e. The highest BCUT2D eigenvalue weighted by atomic mass is 35.5. The number of anilines is 1. The molecule has 9 nitrogen and oxygen atoms in total. The quantitative estimate of drug-likeness (QED) is 0.327. The molecule has 12 heteroatoms. The number of rotatable bonds is 10. The number of carbonyl (C=O) groups is 1. The zero-order chi connectivity index (χ0) is 28.8. The zero-order valence-corrected chi connectivity index (χ0v) is 23.7. The maximum atomic E-state index is 14.1. The summed E-state index contributed by atoms with van der Waals surface area (Å²) in [5.41, 5.74) is 1.86. The minimum absolute atomic E-state index is 0.116. The highest BCUT2D eigenvalue weighted by molar-refractivity contribution is 6.34. The summed E-state index contributed by atoms with van der Waals surface area (Å²) in [4.78, 5) is 15.5. The number of benzene rings is 2. The van der Waals surface area contributed by atoms with Crippen LogP contribution in [0.1, 0.15) is 30.0 Å². The number of aromatic nitrogens is 2. The van der Waals surface area contributed by atoms with Crippen LogP contribution in [0.3, 0.4) is 0 Å². The second-order valence-electron chi connectivity index (χ2n) is 10.4. The highest BCUT2D eigenvalue weighted by Gasteiger charge is 2.35. The molecule has 1 aromatic heterocycles. The number of amides is 2. The maximum Gasteiger partial charge on any atom is 0.320 e. The first-order valence-corrected chi connectivity index (χ1v) is 14.2. The van der Waals surface area contributed by atoms with E-state index in [1.807, 2.05) is 30.3 Å². The lowest BCUT2D eigenvalue weighted by molar-refractivity contribution is 0.0195. The first kappa shape index (κ1) is 29.4. The fourth-order valence-corrected chi connectivity index (χ4v) is 5.61. The first-order chi connectivity index (χ1) is 19.9. The number of likely N-dealkylation sites (tertiary alicyclic amines) is 1. The van der Waals surface area contributed by atoms with Crippen molar-refractivity contribution in [3.05, 3.63) is 76.4 Å². The van der Waals surface area contributed by atoms with Gasteiger partial charge < -0.3 is 20.1 Å². The fourth-order valence-electron chi connectivity index (χ4n) is 5.39. The lowest BCUT2D eigenvalue weighted by atomic mass is 9.94. The van der Waals surface area contributed by atoms with Crippen LogP contribution >= 0.6 is 11.6 Å². The molecule has 2 unspecified atom stereocenters. The number of ether oxygens (including phenoxy) is 2. The molecule has 0 bridgehead atoms. The van der Waals surface area contributed by atoms with Gasteiger partial charge in [0.15, 0.2) is 17.5 Å². The molecule has 3 heterocycles. The molecular formula is C29H35ClF2N6O3. The van der Waals surface area contributed by atoms with Crippen LogP contribution in [0, 0.1) is 11.6 Å². The van der Waals surface area contributed by atoms with Gasteiger partial charge in [-0.05, 0) is 55.8 Å². The molecule has 41 heavy (non-hydrogen) atoms. The molecule has 2 fully saturated rings. The van der Waals surface area contributed by atoms with E-state index in [1.165, 1.54) is 6.07 Å². The maximum absolute atomic E-state index is 14.1. The highest BCUT2D eigenvalue weighted by Crippen LogP contribution is 2.31. The number of hydrogen-bond acceptors (Lipinski definition) is 6. The van der Waals surface area contributed by atoms with Crippen LogP contribution in [0.2, 0.25) is 5.02 Å². The van der Waals surface area contributed by atoms with E-state index < -0.39 is 17.7 Å². The lowest BCUT2D eigenvalue weighted by Crippen LogP contribution is -2.42. The summed E-state index contributed by atoms with van der Waals surface area (Å²) in [6.07, 6.45) is 1.93. The van der Waals surface area contributed by atoms with Gasteiger partial charge in [-0.15, -0.1) is 0 Å². The zero-order valence-electron chi connectivity index (χ0n) is 22.9. The van der Waals surface area contributed by atoms with Crippen LogP contribution in [0.15, 0.2) is 48.5 Å². The molecule has 2 aliphatic heterocycles. The van der Waals surface area contributed by atoms with Gasteiger partial charge in [-0.3, -0.25) is 10.2 Å². The van der Waals surface area contributed by atoms with E-state index >= 15 is 0 Å². The number of halogens is 3. The Morgan fingerprint density at radius 1 is 1.12 bits per heavy atom. The van der Waals surface area contributed by atoms with Crippen molar-refractivity contribution in [1.82, 2.24) is 25.3 Å². The molecule has 0 aliphatic carbocycles. The average molecular weight is 589 g/mol. The molecule has 2 atom stereocenters. The summed E-state index contributed by atoms with van der Waals surface area (Å²) in [6.45, 7) is 4.25. The van der Waals surface area contributed by atoms with Crippen molar-refractivity contribution in [2.45, 2.75) is 37.5 Å². The molecule has 220 valence electrons. The van der Waals surface area contributed by atoms with Gasteiger partial charge in [0, 0.05) is 32.7 Å². The molecule has 3 N–H and O–H groups in total. The van der Waals surface area contributed by atoms with Crippen molar-refractivity contribution in [3.63, 3.8) is 0 Å². The van der Waals surface area contributed by atoms with Crippen LogP contribution in [0.5, 0.6) is 0 Å². The van der Waals surface area contributed by atoms with E-state index in [2.05, 4.69) is 25.9 Å². The van der Waals surface area contributed by atoms with Gasteiger partial charge in [-0.1, -0.05) is 35.9 Å². The van der Waals surface area contributed by atoms with Crippen molar-refractivity contribution in [3.8, 4) is 5.69 Å². The molecule has 2 saturated heterocycles. The third kappa shape index (κ3) is 7.22. The lowest BCUT2D eigenvalue weighted by Gasteiger charge is -2.22. The van der Waals surface area contributed by atoms with Crippen molar-refractivity contribution >= 4 is 23.4 Å². The fraction of sp³-hybridized carbons (Fsp3) is 0.448. The normalized spacial score (nSPS) is 19.9. The summed E-state index contributed by atoms with van der Waals surface area (Å²) in [6, 6.07) is 12.4. The van der Waals surface area contributed by atoms with Crippen molar-refractivity contribution < 1.29 is 23.0 Å². The monoisotopic (exact) mass is 588 g/mol. The van der Waals surface area contributed by atoms with Gasteiger partial charge in [-0.2, -0.15) is 5.10 Å². The van der Waals surface area contributed by atoms with Gasteiger partial charge in [0.2, 0.25) is 0 Å². The van der Waals surface area contributed by atoms with Gasteiger partial charge in [0.05, 0.1) is 31.0 Å². The Bertz CT molecular complexity index is 1320. The van der Waals surface area contributed by atoms with E-state index in [1.54, 1.807) is 17.9 Å². The number of hydrogen-bond donors (Lipinski definition) is 3. The van der Waals surface area contributed by atoms with E-state index in [0.29, 0.717) is 48.3 Å². The van der Waals surface area contributed by atoms with Crippen LogP contribution in [0.4, 0.5) is 19.4 Å². The molecule has 5 rings (SSSR count). The molecular weight excluding hydrogens is 554 g/mol. The van der Waals surface area contributed by atoms with E-state index in [-0.39, 0.29) is 24.7 Å². The number of carbonyl (C=O) groups excluding carboxylic acids is 1. The van der Waals surface area contributed by atoms with Crippen molar-refractivity contribution in [2.24, 2.45) is 0 Å². The van der Waals surface area contributed by atoms with Gasteiger partial charge in [-0.25, -0.2) is 18.3 Å². The molecule has 2 aliphatic rings. The summed E-state index contributed by atoms with van der Waals surface area (Å²) < 4.78 is 40.6. The second kappa shape index (κ2) is 13.7. The Hall–Kier alpha value is -3.09. The van der Waals surface area contributed by atoms with Gasteiger partial charge in [0.1, 0.15) is 10.7 Å². The molecule has 2 aromatic carbocycles. The minimum atomic E-state index is -0.918. The Morgan fingerprint density at radius 3 is 2.63 bits per heavy atom. The summed E-state index contributed by atoms with van der Waals surface area (Å²) in [5.74, 6) is -1.76. The summed E-state index contributed by atoms with van der Waals surface area (Å²) in [7, 11) is 1.62. The number of para-hydroxylation sites is 1. The molecule has 3 aromatic rings. The first-order valence-electron chi connectivity index (χ1n) is 13.8. The Balaban J connectivity index is 1.34. The second-order valence-corrected chi connectivity index (χ2v) is 10.7. The van der Waals surface area contributed by atoms with Gasteiger partial charge >= 0.3 is 6.03 Å². The Kier molecular flexibility index (Phi) is 9.84. The number of piperidine rings is 1. The molecule has 0 spiro atoms. The van der Waals surface area contributed by atoms with Gasteiger partial charge in [0.25, 0.3) is 0 Å². The predicted octanol–water partition coefficient (Wildman–Crippen LogP) is 4.31. The van der Waals surface area contributed by atoms with E-state index in [9.17, 15) is 13.6 Å². The van der Waals surface area contributed by atoms with Crippen LogP contribution in [0.25, 0.3) is 5.69 Å². The van der Waals surface area contributed by atoms with Crippen molar-refractivity contribution in [2.75, 3.05) is 51.8 Å². The third-order valence-electron chi connectivity index (χ3n) is 7.56. The van der Waals surface area contributed by atoms with Crippen LogP contribution in [-0.2, 0) is 16.1 Å². The largest absolute Gasteiger partial charge is 0.383 e. The summed E-state index contributed by atoms with van der Waals surface area (Å²) in [5, 5.41) is 14.2. The predicted molar refractivity (Wildman–Crippen MR) is 153 cm³/mol. The summed E-state index contributed by atoms with van der Waals surface area (Å²) >= 11 is 6.78. The molecule has 0 saturated carbocycles. The van der Waals surface area contributed by atoms with Crippen molar-refractivity contribution in [1.29, 1.82) is 0 Å².